The largest absolute Gasteiger partial charge is 0.360 e. The summed E-state index contributed by atoms with van der Waals surface area (Å²) in [4.78, 5) is 11.2. The predicted molar refractivity (Wildman–Crippen MR) is 74.6 cm³/mol. The van der Waals surface area contributed by atoms with Crippen LogP contribution in [0.4, 0.5) is 11.6 Å². The highest BCUT2D eigenvalue weighted by atomic mass is 15.3. The maximum absolute atomic E-state index is 5.47. The standard InChI is InChI=1S/C13H23N5/c1-3-4-5-8-18(2)12-9-11(17-14)15-13(16-12)10-6-7-10/h9-10H,3-8,14H2,1-2H3,(H,15,16,17). The van der Waals surface area contributed by atoms with Gasteiger partial charge in [0.2, 0.25) is 0 Å². The average molecular weight is 249 g/mol. The zero-order valence-corrected chi connectivity index (χ0v) is 11.3. The first-order valence-corrected chi connectivity index (χ1v) is 6.81. The molecule has 5 nitrogen and oxygen atoms in total. The van der Waals surface area contributed by atoms with Crippen molar-refractivity contribution in [1.29, 1.82) is 0 Å². The fourth-order valence-corrected chi connectivity index (χ4v) is 1.96. The molecule has 0 spiro atoms. The van der Waals surface area contributed by atoms with Crippen LogP contribution in [-0.2, 0) is 0 Å². The van der Waals surface area contributed by atoms with Gasteiger partial charge in [0.25, 0.3) is 0 Å². The summed E-state index contributed by atoms with van der Waals surface area (Å²) in [5.41, 5.74) is 2.63. The van der Waals surface area contributed by atoms with Gasteiger partial charge in [0, 0.05) is 25.6 Å². The van der Waals surface area contributed by atoms with E-state index in [1.165, 1.54) is 32.1 Å². The van der Waals surface area contributed by atoms with E-state index in [-0.39, 0.29) is 0 Å². The first-order valence-electron chi connectivity index (χ1n) is 6.81. The van der Waals surface area contributed by atoms with E-state index < -0.39 is 0 Å². The van der Waals surface area contributed by atoms with Crippen LogP contribution in [0, 0.1) is 0 Å². The molecule has 0 aromatic carbocycles. The van der Waals surface area contributed by atoms with Crippen LogP contribution >= 0.6 is 0 Å². The fourth-order valence-electron chi connectivity index (χ4n) is 1.96. The highest BCUT2D eigenvalue weighted by molar-refractivity contribution is 5.48. The van der Waals surface area contributed by atoms with E-state index in [9.17, 15) is 0 Å². The van der Waals surface area contributed by atoms with Gasteiger partial charge < -0.3 is 10.3 Å². The molecule has 0 aliphatic heterocycles. The fraction of sp³-hybridized carbons (Fsp3) is 0.692. The SMILES string of the molecule is CCCCCN(C)c1cc(NN)nc(C2CC2)n1. The molecule has 0 amide bonds. The number of unbranched alkanes of at least 4 members (excludes halogenated alkanes) is 2. The van der Waals surface area contributed by atoms with Crippen LogP contribution in [0.1, 0.15) is 50.8 Å². The molecule has 18 heavy (non-hydrogen) atoms. The molecular weight excluding hydrogens is 226 g/mol. The van der Waals surface area contributed by atoms with E-state index in [4.69, 9.17) is 5.84 Å². The van der Waals surface area contributed by atoms with Gasteiger partial charge in [-0.2, -0.15) is 0 Å². The third-order valence-corrected chi connectivity index (χ3v) is 3.31. The van der Waals surface area contributed by atoms with E-state index >= 15 is 0 Å². The second-order valence-corrected chi connectivity index (χ2v) is 5.02. The van der Waals surface area contributed by atoms with Crippen LogP contribution in [0.5, 0.6) is 0 Å². The van der Waals surface area contributed by atoms with Crippen molar-refractivity contribution in [2.75, 3.05) is 23.9 Å². The lowest BCUT2D eigenvalue weighted by atomic mass is 10.2. The van der Waals surface area contributed by atoms with Crippen LogP contribution in [0.25, 0.3) is 0 Å². The highest BCUT2D eigenvalue weighted by Crippen LogP contribution is 2.39. The predicted octanol–water partition coefficient (Wildman–Crippen LogP) is 2.27. The third-order valence-electron chi connectivity index (χ3n) is 3.31. The van der Waals surface area contributed by atoms with Gasteiger partial charge in [-0.05, 0) is 19.3 Å². The topological polar surface area (TPSA) is 67.1 Å². The Labute approximate surface area is 109 Å². The van der Waals surface area contributed by atoms with Gasteiger partial charge in [-0.1, -0.05) is 19.8 Å². The first-order chi connectivity index (χ1) is 8.74. The van der Waals surface area contributed by atoms with Gasteiger partial charge in [-0.15, -0.1) is 0 Å². The zero-order chi connectivity index (χ0) is 13.0. The molecule has 1 aliphatic rings. The summed E-state index contributed by atoms with van der Waals surface area (Å²) in [7, 11) is 2.08. The molecular formula is C13H23N5. The number of rotatable bonds is 7. The summed E-state index contributed by atoms with van der Waals surface area (Å²) in [6, 6.07) is 1.91. The molecule has 0 saturated heterocycles. The Bertz CT molecular complexity index is 389. The van der Waals surface area contributed by atoms with Crippen LogP contribution in [0.2, 0.25) is 0 Å². The Balaban J connectivity index is 2.07. The summed E-state index contributed by atoms with van der Waals surface area (Å²) in [5, 5.41) is 0. The van der Waals surface area contributed by atoms with E-state index in [2.05, 4.69) is 34.3 Å². The van der Waals surface area contributed by atoms with Crippen LogP contribution in [0.15, 0.2) is 6.07 Å². The van der Waals surface area contributed by atoms with Crippen molar-refractivity contribution in [2.45, 2.75) is 44.9 Å². The molecule has 1 saturated carbocycles. The molecule has 0 atom stereocenters. The molecule has 0 unspecified atom stereocenters. The van der Waals surface area contributed by atoms with Gasteiger partial charge in [-0.3, -0.25) is 0 Å². The van der Waals surface area contributed by atoms with Gasteiger partial charge in [0.05, 0.1) is 0 Å². The van der Waals surface area contributed by atoms with Crippen LogP contribution < -0.4 is 16.2 Å². The van der Waals surface area contributed by atoms with Gasteiger partial charge in [-0.25, -0.2) is 15.8 Å². The van der Waals surface area contributed by atoms with E-state index in [0.717, 1.165) is 18.2 Å². The Morgan fingerprint density at radius 1 is 1.39 bits per heavy atom. The molecule has 1 aliphatic carbocycles. The number of anilines is 2. The number of aromatic nitrogens is 2. The summed E-state index contributed by atoms with van der Waals surface area (Å²) in [5.74, 6) is 8.63. The minimum absolute atomic E-state index is 0.543. The molecule has 2 rings (SSSR count). The van der Waals surface area contributed by atoms with Crippen molar-refractivity contribution in [3.05, 3.63) is 11.9 Å². The van der Waals surface area contributed by atoms with Crippen molar-refractivity contribution in [3.63, 3.8) is 0 Å². The van der Waals surface area contributed by atoms with Gasteiger partial charge in [0.1, 0.15) is 17.5 Å². The number of nitrogen functional groups attached to an aromatic ring is 1. The number of nitrogens with zero attached hydrogens (tertiary/aromatic N) is 3. The van der Waals surface area contributed by atoms with Crippen molar-refractivity contribution < 1.29 is 0 Å². The number of nitrogens with one attached hydrogen (secondary N) is 1. The smallest absolute Gasteiger partial charge is 0.145 e. The van der Waals surface area contributed by atoms with Crippen LogP contribution in [-0.4, -0.2) is 23.6 Å². The van der Waals surface area contributed by atoms with E-state index in [1.54, 1.807) is 0 Å². The molecule has 0 radical (unpaired) electrons. The van der Waals surface area contributed by atoms with Crippen molar-refractivity contribution >= 4 is 11.6 Å². The molecule has 1 aromatic rings. The zero-order valence-electron chi connectivity index (χ0n) is 11.3. The lowest BCUT2D eigenvalue weighted by molar-refractivity contribution is 0.699. The molecule has 100 valence electrons. The number of nitrogens with two attached hydrogens (primary N) is 1. The highest BCUT2D eigenvalue weighted by Gasteiger charge is 2.27. The number of hydrazine groups is 1. The molecule has 1 aromatic heterocycles. The Kier molecular flexibility index (Phi) is 4.36. The summed E-state index contributed by atoms with van der Waals surface area (Å²) >= 11 is 0. The summed E-state index contributed by atoms with van der Waals surface area (Å²) in [6.07, 6.45) is 6.09. The van der Waals surface area contributed by atoms with Crippen LogP contribution in [0.3, 0.4) is 0 Å². The lowest BCUT2D eigenvalue weighted by Crippen LogP contribution is -2.21. The Morgan fingerprint density at radius 3 is 2.78 bits per heavy atom. The van der Waals surface area contributed by atoms with Crippen molar-refractivity contribution in [1.82, 2.24) is 9.97 Å². The maximum Gasteiger partial charge on any atom is 0.145 e. The van der Waals surface area contributed by atoms with E-state index in [0.29, 0.717) is 11.7 Å². The number of hydrogen-bond acceptors (Lipinski definition) is 5. The lowest BCUT2D eigenvalue weighted by Gasteiger charge is -2.19. The minimum atomic E-state index is 0.543. The normalized spacial score (nSPS) is 14.6. The maximum atomic E-state index is 5.47. The molecule has 1 fully saturated rings. The molecule has 0 bridgehead atoms. The quantitative estimate of drug-likeness (QED) is 0.441. The van der Waals surface area contributed by atoms with Crippen molar-refractivity contribution in [3.8, 4) is 0 Å². The second-order valence-electron chi connectivity index (χ2n) is 5.02. The van der Waals surface area contributed by atoms with Gasteiger partial charge in [0.15, 0.2) is 0 Å². The third kappa shape index (κ3) is 3.32. The summed E-state index contributed by atoms with van der Waals surface area (Å²) in [6.45, 7) is 3.24. The molecule has 3 N–H and O–H groups in total. The Morgan fingerprint density at radius 2 is 2.17 bits per heavy atom. The number of hydrogen-bond donors (Lipinski definition) is 2. The first kappa shape index (κ1) is 13.1. The van der Waals surface area contributed by atoms with E-state index in [1.807, 2.05) is 6.07 Å². The average Bonchev–Trinajstić information content (AvgIpc) is 3.22. The van der Waals surface area contributed by atoms with Crippen molar-refractivity contribution in [2.24, 2.45) is 5.84 Å². The minimum Gasteiger partial charge on any atom is -0.360 e. The Hall–Kier alpha value is -1.36. The monoisotopic (exact) mass is 249 g/mol. The molecule has 1 heterocycles. The van der Waals surface area contributed by atoms with Gasteiger partial charge >= 0.3 is 0 Å². The molecule has 5 heteroatoms. The second kappa shape index (κ2) is 6.00. The summed E-state index contributed by atoms with van der Waals surface area (Å²) < 4.78 is 0.